The lowest BCUT2D eigenvalue weighted by Crippen LogP contribution is -1.98. The van der Waals surface area contributed by atoms with Gasteiger partial charge in [-0.1, -0.05) is 31.7 Å². The van der Waals surface area contributed by atoms with Gasteiger partial charge in [-0.15, -0.1) is 11.8 Å². The molecule has 0 saturated heterocycles. The van der Waals surface area contributed by atoms with Crippen molar-refractivity contribution in [2.24, 2.45) is 0 Å². The minimum atomic E-state index is -0.147. The molecule has 0 aliphatic carbocycles. The van der Waals surface area contributed by atoms with Gasteiger partial charge in [0.05, 0.1) is 6.10 Å². The van der Waals surface area contributed by atoms with E-state index in [1.165, 1.54) is 25.7 Å². The van der Waals surface area contributed by atoms with Gasteiger partial charge in [0.2, 0.25) is 0 Å². The van der Waals surface area contributed by atoms with E-state index in [1.807, 2.05) is 25.1 Å². The number of rotatable bonds is 9. The van der Waals surface area contributed by atoms with Crippen molar-refractivity contribution in [2.45, 2.75) is 56.4 Å². The summed E-state index contributed by atoms with van der Waals surface area (Å²) in [6, 6.07) is 7.43. The van der Waals surface area contributed by atoms with Crippen LogP contribution in [0.4, 0.5) is 0 Å². The molecule has 3 heteroatoms. The number of aliphatic hydroxyl groups is 1. The van der Waals surface area contributed by atoms with Crippen LogP contribution >= 0.6 is 11.8 Å². The highest BCUT2D eigenvalue weighted by Crippen LogP contribution is 2.23. The topological polar surface area (TPSA) is 40.5 Å². The molecule has 1 aromatic carbocycles. The van der Waals surface area contributed by atoms with Gasteiger partial charge in [0, 0.05) is 4.90 Å². The molecule has 2 N–H and O–H groups in total. The molecule has 0 heterocycles. The normalized spacial score (nSPS) is 12.6. The molecule has 2 nitrogen and oxygen atoms in total. The Balaban J connectivity index is 1.96. The summed E-state index contributed by atoms with van der Waals surface area (Å²) >= 11 is 1.80. The fourth-order valence-corrected chi connectivity index (χ4v) is 2.80. The summed E-state index contributed by atoms with van der Waals surface area (Å²) in [7, 11) is 0. The van der Waals surface area contributed by atoms with Gasteiger partial charge in [0.25, 0.3) is 0 Å². The van der Waals surface area contributed by atoms with Gasteiger partial charge in [-0.2, -0.15) is 0 Å². The fourth-order valence-electron chi connectivity index (χ4n) is 1.84. The Morgan fingerprint density at radius 3 is 2.56 bits per heavy atom. The lowest BCUT2D eigenvalue weighted by molar-refractivity contribution is 0.180. The second-order valence-electron chi connectivity index (χ2n) is 4.75. The Bertz CT molecular complexity index is 326. The summed E-state index contributed by atoms with van der Waals surface area (Å²) in [5, 5.41) is 18.4. The van der Waals surface area contributed by atoms with Gasteiger partial charge in [-0.05, 0) is 43.7 Å². The van der Waals surface area contributed by atoms with Crippen LogP contribution in [0, 0.1) is 0 Å². The Kier molecular flexibility index (Phi) is 7.94. The summed E-state index contributed by atoms with van der Waals surface area (Å²) in [6.07, 6.45) is 6.87. The molecule has 0 fully saturated rings. The van der Waals surface area contributed by atoms with Crippen LogP contribution in [0.1, 0.15) is 45.4 Å². The Labute approximate surface area is 114 Å². The van der Waals surface area contributed by atoms with Crippen LogP contribution in [0.2, 0.25) is 0 Å². The van der Waals surface area contributed by atoms with Crippen LogP contribution in [-0.4, -0.2) is 22.1 Å². The zero-order valence-corrected chi connectivity index (χ0v) is 12.0. The van der Waals surface area contributed by atoms with Crippen molar-refractivity contribution >= 4 is 11.8 Å². The number of benzene rings is 1. The van der Waals surface area contributed by atoms with Crippen LogP contribution in [0.15, 0.2) is 29.2 Å². The van der Waals surface area contributed by atoms with E-state index in [4.69, 9.17) is 5.11 Å². The molecule has 0 amide bonds. The van der Waals surface area contributed by atoms with E-state index in [0.717, 1.165) is 23.5 Å². The number of aromatic hydroxyl groups is 1. The van der Waals surface area contributed by atoms with Crippen LogP contribution in [0.25, 0.3) is 0 Å². The van der Waals surface area contributed by atoms with Crippen molar-refractivity contribution in [3.63, 3.8) is 0 Å². The molecule has 0 spiro atoms. The first-order chi connectivity index (χ1) is 8.68. The highest BCUT2D eigenvalue weighted by molar-refractivity contribution is 7.99. The molecule has 0 radical (unpaired) electrons. The lowest BCUT2D eigenvalue weighted by Gasteiger charge is -2.04. The average Bonchev–Trinajstić information content (AvgIpc) is 2.32. The Morgan fingerprint density at radius 2 is 1.83 bits per heavy atom. The van der Waals surface area contributed by atoms with E-state index in [0.29, 0.717) is 5.75 Å². The molecule has 1 rings (SSSR count). The molecule has 0 aromatic heterocycles. The Morgan fingerprint density at radius 1 is 1.11 bits per heavy atom. The monoisotopic (exact) mass is 268 g/mol. The van der Waals surface area contributed by atoms with Crippen LogP contribution < -0.4 is 0 Å². The summed E-state index contributed by atoms with van der Waals surface area (Å²) < 4.78 is 0. The van der Waals surface area contributed by atoms with E-state index >= 15 is 0 Å². The first-order valence-corrected chi connectivity index (χ1v) is 7.77. The number of hydrogen-bond donors (Lipinski definition) is 2. The molecule has 0 aliphatic heterocycles. The lowest BCUT2D eigenvalue weighted by atomic mass is 10.1. The number of hydrogen-bond acceptors (Lipinski definition) is 3. The van der Waals surface area contributed by atoms with Crippen molar-refractivity contribution in [3.8, 4) is 5.75 Å². The molecule has 0 saturated carbocycles. The molecule has 0 bridgehead atoms. The van der Waals surface area contributed by atoms with Crippen molar-refractivity contribution < 1.29 is 10.2 Å². The van der Waals surface area contributed by atoms with Crippen molar-refractivity contribution in [2.75, 3.05) is 5.75 Å². The van der Waals surface area contributed by atoms with E-state index in [2.05, 4.69) is 0 Å². The van der Waals surface area contributed by atoms with E-state index < -0.39 is 0 Å². The maximum Gasteiger partial charge on any atom is 0.116 e. The molecular formula is C15H24O2S. The number of thioether (sulfide) groups is 1. The number of unbranched alkanes of at least 4 members (excludes halogenated alkanes) is 4. The summed E-state index contributed by atoms with van der Waals surface area (Å²) in [5.74, 6) is 1.46. The summed E-state index contributed by atoms with van der Waals surface area (Å²) in [4.78, 5) is 1.14. The molecule has 0 aliphatic rings. The third-order valence-corrected chi connectivity index (χ3v) is 3.93. The number of phenols is 1. The van der Waals surface area contributed by atoms with E-state index in [1.54, 1.807) is 17.8 Å². The van der Waals surface area contributed by atoms with Gasteiger partial charge in [-0.3, -0.25) is 0 Å². The second-order valence-corrected chi connectivity index (χ2v) is 5.92. The minimum absolute atomic E-state index is 0.147. The standard InChI is InChI=1S/C15H24O2S/c1-13(16)8-5-3-2-4-6-11-18-15-10-7-9-14(17)12-15/h7,9-10,12-13,16-17H,2-6,8,11H2,1H3. The van der Waals surface area contributed by atoms with Crippen molar-refractivity contribution in [3.05, 3.63) is 24.3 Å². The first kappa shape index (κ1) is 15.4. The third-order valence-electron chi connectivity index (χ3n) is 2.85. The third kappa shape index (κ3) is 7.62. The molecule has 1 atom stereocenters. The predicted molar refractivity (Wildman–Crippen MR) is 78.2 cm³/mol. The summed E-state index contributed by atoms with van der Waals surface area (Å²) in [5.41, 5.74) is 0. The minimum Gasteiger partial charge on any atom is -0.508 e. The number of aliphatic hydroxyl groups excluding tert-OH is 1. The molecule has 1 unspecified atom stereocenters. The van der Waals surface area contributed by atoms with Crippen molar-refractivity contribution in [1.29, 1.82) is 0 Å². The Hall–Kier alpha value is -0.670. The SMILES string of the molecule is CC(O)CCCCCCCSc1cccc(O)c1. The predicted octanol–water partition coefficient (Wildman–Crippen LogP) is 4.21. The highest BCUT2D eigenvalue weighted by Gasteiger charge is 1.97. The molecule has 1 aromatic rings. The summed E-state index contributed by atoms with van der Waals surface area (Å²) in [6.45, 7) is 1.85. The zero-order chi connectivity index (χ0) is 13.2. The van der Waals surface area contributed by atoms with Gasteiger partial charge < -0.3 is 10.2 Å². The molecule has 18 heavy (non-hydrogen) atoms. The van der Waals surface area contributed by atoms with Gasteiger partial charge in [-0.25, -0.2) is 0 Å². The van der Waals surface area contributed by atoms with Gasteiger partial charge in [0.1, 0.15) is 5.75 Å². The fraction of sp³-hybridized carbons (Fsp3) is 0.600. The molecule has 102 valence electrons. The largest absolute Gasteiger partial charge is 0.508 e. The smallest absolute Gasteiger partial charge is 0.116 e. The highest BCUT2D eigenvalue weighted by atomic mass is 32.2. The van der Waals surface area contributed by atoms with Gasteiger partial charge in [0.15, 0.2) is 0 Å². The van der Waals surface area contributed by atoms with Crippen LogP contribution in [0.3, 0.4) is 0 Å². The number of phenolic OH excluding ortho intramolecular Hbond substituents is 1. The molecular weight excluding hydrogens is 244 g/mol. The van der Waals surface area contributed by atoms with Crippen molar-refractivity contribution in [1.82, 2.24) is 0 Å². The average molecular weight is 268 g/mol. The van der Waals surface area contributed by atoms with E-state index in [-0.39, 0.29) is 6.10 Å². The first-order valence-electron chi connectivity index (χ1n) is 6.78. The van der Waals surface area contributed by atoms with Crippen LogP contribution in [-0.2, 0) is 0 Å². The quantitative estimate of drug-likeness (QED) is 0.521. The van der Waals surface area contributed by atoms with Crippen LogP contribution in [0.5, 0.6) is 5.75 Å². The van der Waals surface area contributed by atoms with Gasteiger partial charge >= 0.3 is 0 Å². The zero-order valence-electron chi connectivity index (χ0n) is 11.1. The maximum atomic E-state index is 9.32. The maximum absolute atomic E-state index is 9.32. The van der Waals surface area contributed by atoms with E-state index in [9.17, 15) is 5.11 Å². The second kappa shape index (κ2) is 9.29.